The van der Waals surface area contributed by atoms with Crippen LogP contribution in [0.1, 0.15) is 34.3 Å². The fraction of sp³-hybridized carbons (Fsp3) is 0.467. The molecule has 102 valence electrons. The van der Waals surface area contributed by atoms with Gasteiger partial charge in [-0.15, -0.1) is 0 Å². The second-order valence-electron chi connectivity index (χ2n) is 4.64. The average molecular weight is 278 g/mol. The van der Waals surface area contributed by atoms with Crippen molar-refractivity contribution in [2.45, 2.75) is 25.7 Å². The number of carbonyl (C=O) groups is 2. The Balaban J connectivity index is 1.82. The van der Waals surface area contributed by atoms with Crippen LogP contribution in [-0.2, 0) is 22.4 Å². The van der Waals surface area contributed by atoms with Gasteiger partial charge in [0.05, 0.1) is 19.3 Å². The van der Waals surface area contributed by atoms with E-state index in [1.165, 1.54) is 36.4 Å². The van der Waals surface area contributed by atoms with Crippen LogP contribution in [0.2, 0.25) is 0 Å². The zero-order valence-corrected chi connectivity index (χ0v) is 11.9. The highest BCUT2D eigenvalue weighted by atomic mass is 32.2. The van der Waals surface area contributed by atoms with Crippen molar-refractivity contribution in [1.82, 2.24) is 0 Å². The molecule has 0 N–H and O–H groups in total. The summed E-state index contributed by atoms with van der Waals surface area (Å²) in [5, 5.41) is 0. The Morgan fingerprint density at radius 3 is 2.84 bits per heavy atom. The minimum Gasteiger partial charge on any atom is -0.469 e. The highest BCUT2D eigenvalue weighted by Crippen LogP contribution is 2.23. The molecular weight excluding hydrogens is 260 g/mol. The summed E-state index contributed by atoms with van der Waals surface area (Å²) in [6.45, 7) is 0. The molecule has 0 saturated carbocycles. The molecule has 0 aliphatic heterocycles. The number of carbonyl (C=O) groups excluding carboxylic acids is 2. The van der Waals surface area contributed by atoms with Crippen LogP contribution in [0.3, 0.4) is 0 Å². The van der Waals surface area contributed by atoms with Gasteiger partial charge in [-0.3, -0.25) is 9.59 Å². The van der Waals surface area contributed by atoms with Crippen LogP contribution in [-0.4, -0.2) is 30.4 Å². The lowest BCUT2D eigenvalue weighted by atomic mass is 10.0. The van der Waals surface area contributed by atoms with Crippen LogP contribution in [0.15, 0.2) is 18.2 Å². The topological polar surface area (TPSA) is 43.4 Å². The number of Topliss-reactive ketones (excluding diaryl/α,β-unsaturated/α-hetero) is 1. The van der Waals surface area contributed by atoms with E-state index < -0.39 is 0 Å². The Kier molecular flexibility index (Phi) is 5.02. The van der Waals surface area contributed by atoms with E-state index in [0.717, 1.165) is 18.4 Å². The van der Waals surface area contributed by atoms with Gasteiger partial charge < -0.3 is 4.74 Å². The van der Waals surface area contributed by atoms with Gasteiger partial charge in [-0.2, -0.15) is 11.8 Å². The third kappa shape index (κ3) is 3.83. The first-order valence-electron chi connectivity index (χ1n) is 6.50. The summed E-state index contributed by atoms with van der Waals surface area (Å²) in [6, 6.07) is 6.04. The standard InChI is InChI=1S/C15H18O3S/c1-18-15(17)7-8-19-10-14(16)13-6-5-11-3-2-4-12(11)9-13/h5-6,9H,2-4,7-8,10H2,1H3. The van der Waals surface area contributed by atoms with Gasteiger partial charge in [0.1, 0.15) is 0 Å². The fourth-order valence-electron chi connectivity index (χ4n) is 2.25. The Bertz CT molecular complexity index is 482. The molecule has 19 heavy (non-hydrogen) atoms. The normalized spacial score (nSPS) is 13.1. The third-order valence-corrected chi connectivity index (χ3v) is 4.29. The van der Waals surface area contributed by atoms with Gasteiger partial charge in [-0.25, -0.2) is 0 Å². The highest BCUT2D eigenvalue weighted by molar-refractivity contribution is 8.00. The molecule has 3 nitrogen and oxygen atoms in total. The molecule has 0 heterocycles. The Labute approximate surface area is 117 Å². The third-order valence-electron chi connectivity index (χ3n) is 3.33. The first-order chi connectivity index (χ1) is 9.20. The molecule has 0 saturated heterocycles. The lowest BCUT2D eigenvalue weighted by Gasteiger charge is -2.04. The molecule has 1 aromatic rings. The van der Waals surface area contributed by atoms with E-state index >= 15 is 0 Å². The van der Waals surface area contributed by atoms with Gasteiger partial charge in [-0.05, 0) is 36.5 Å². The molecule has 1 aliphatic carbocycles. The van der Waals surface area contributed by atoms with Crippen molar-refractivity contribution in [2.75, 3.05) is 18.6 Å². The smallest absolute Gasteiger partial charge is 0.306 e. The van der Waals surface area contributed by atoms with Crippen LogP contribution >= 0.6 is 11.8 Å². The minimum atomic E-state index is -0.225. The van der Waals surface area contributed by atoms with Gasteiger partial charge in [0.25, 0.3) is 0 Å². The number of methoxy groups -OCH3 is 1. The van der Waals surface area contributed by atoms with Gasteiger partial charge in [0.2, 0.25) is 0 Å². The Hall–Kier alpha value is -1.29. The van der Waals surface area contributed by atoms with Crippen molar-refractivity contribution >= 4 is 23.5 Å². The maximum atomic E-state index is 12.0. The first kappa shape index (κ1) is 14.1. The molecule has 1 aromatic carbocycles. The molecular formula is C15H18O3S. The molecule has 4 heteroatoms. The molecule has 0 aromatic heterocycles. The maximum Gasteiger partial charge on any atom is 0.306 e. The second-order valence-corrected chi connectivity index (χ2v) is 5.74. The summed E-state index contributed by atoms with van der Waals surface area (Å²) in [5.74, 6) is 0.973. The number of hydrogen-bond donors (Lipinski definition) is 0. The zero-order chi connectivity index (χ0) is 13.7. The number of hydrogen-bond acceptors (Lipinski definition) is 4. The van der Waals surface area contributed by atoms with E-state index in [2.05, 4.69) is 10.8 Å². The Morgan fingerprint density at radius 2 is 2.05 bits per heavy atom. The Morgan fingerprint density at radius 1 is 1.26 bits per heavy atom. The number of fused-ring (bicyclic) bond motifs is 1. The number of aryl methyl sites for hydroxylation is 2. The van der Waals surface area contributed by atoms with Crippen molar-refractivity contribution in [1.29, 1.82) is 0 Å². The molecule has 0 atom stereocenters. The monoisotopic (exact) mass is 278 g/mol. The van der Waals surface area contributed by atoms with Crippen molar-refractivity contribution in [3.05, 3.63) is 34.9 Å². The van der Waals surface area contributed by atoms with Crippen LogP contribution in [0.25, 0.3) is 0 Å². The number of esters is 1. The van der Waals surface area contributed by atoms with Gasteiger partial charge >= 0.3 is 5.97 Å². The fourth-order valence-corrected chi connectivity index (χ4v) is 3.06. The molecule has 0 spiro atoms. The summed E-state index contributed by atoms with van der Waals surface area (Å²) >= 11 is 1.48. The second kappa shape index (κ2) is 6.75. The van der Waals surface area contributed by atoms with Crippen LogP contribution in [0.5, 0.6) is 0 Å². The zero-order valence-electron chi connectivity index (χ0n) is 11.1. The molecule has 0 bridgehead atoms. The predicted molar refractivity (Wildman–Crippen MR) is 76.8 cm³/mol. The van der Waals surface area contributed by atoms with Crippen molar-refractivity contribution in [3.8, 4) is 0 Å². The SMILES string of the molecule is COC(=O)CCSCC(=O)c1ccc2c(c1)CCC2. The molecule has 0 amide bonds. The number of rotatable bonds is 6. The lowest BCUT2D eigenvalue weighted by molar-refractivity contribution is -0.140. The molecule has 2 rings (SSSR count). The molecule has 1 aliphatic rings. The van der Waals surface area contributed by atoms with E-state index in [0.29, 0.717) is 17.9 Å². The summed E-state index contributed by atoms with van der Waals surface area (Å²) in [4.78, 5) is 23.0. The lowest BCUT2D eigenvalue weighted by Crippen LogP contribution is -2.06. The van der Waals surface area contributed by atoms with Crippen LogP contribution in [0.4, 0.5) is 0 Å². The van der Waals surface area contributed by atoms with E-state index in [1.54, 1.807) is 0 Å². The molecule has 0 unspecified atom stereocenters. The molecule has 0 fully saturated rings. The first-order valence-corrected chi connectivity index (χ1v) is 7.65. The minimum absolute atomic E-state index is 0.143. The van der Waals surface area contributed by atoms with Crippen molar-refractivity contribution in [2.24, 2.45) is 0 Å². The van der Waals surface area contributed by atoms with Gasteiger partial charge in [-0.1, -0.05) is 12.1 Å². The van der Waals surface area contributed by atoms with E-state index in [1.807, 2.05) is 12.1 Å². The number of ketones is 1. The van der Waals surface area contributed by atoms with Crippen LogP contribution in [0, 0.1) is 0 Å². The largest absolute Gasteiger partial charge is 0.469 e. The van der Waals surface area contributed by atoms with Crippen molar-refractivity contribution in [3.63, 3.8) is 0 Å². The van der Waals surface area contributed by atoms with E-state index in [4.69, 9.17) is 0 Å². The number of thioether (sulfide) groups is 1. The van der Waals surface area contributed by atoms with Crippen molar-refractivity contribution < 1.29 is 14.3 Å². The summed E-state index contributed by atoms with van der Waals surface area (Å²) in [5.41, 5.74) is 3.51. The van der Waals surface area contributed by atoms with Crippen LogP contribution < -0.4 is 0 Å². The number of ether oxygens (including phenoxy) is 1. The highest BCUT2D eigenvalue weighted by Gasteiger charge is 2.14. The average Bonchev–Trinajstić information content (AvgIpc) is 2.90. The summed E-state index contributed by atoms with van der Waals surface area (Å²) in [7, 11) is 1.38. The number of benzene rings is 1. The quantitative estimate of drug-likeness (QED) is 0.456. The van der Waals surface area contributed by atoms with E-state index in [-0.39, 0.29) is 11.8 Å². The van der Waals surface area contributed by atoms with Gasteiger partial charge in [0.15, 0.2) is 5.78 Å². The summed E-state index contributed by atoms with van der Waals surface area (Å²) in [6.07, 6.45) is 3.78. The summed E-state index contributed by atoms with van der Waals surface area (Å²) < 4.78 is 4.56. The van der Waals surface area contributed by atoms with E-state index in [9.17, 15) is 9.59 Å². The van der Waals surface area contributed by atoms with Gasteiger partial charge in [0, 0.05) is 11.3 Å². The predicted octanol–water partition coefficient (Wildman–Crippen LogP) is 2.65. The maximum absolute atomic E-state index is 12.0. The molecule has 0 radical (unpaired) electrons.